The highest BCUT2D eigenvalue weighted by Crippen LogP contribution is 2.23. The van der Waals surface area contributed by atoms with Crippen molar-refractivity contribution in [3.63, 3.8) is 0 Å². The number of carbonyl (C=O) groups excluding carboxylic acids is 1. The molecule has 0 saturated carbocycles. The summed E-state index contributed by atoms with van der Waals surface area (Å²) in [6.45, 7) is 3.79. The first-order valence-electron chi connectivity index (χ1n) is 32.9. The maximum Gasteiger partial charge on any atom is 0.220 e. The molecule has 0 radical (unpaired) electrons. The molecule has 1 heterocycles. The molecule has 0 aromatic rings. The van der Waals surface area contributed by atoms with E-state index in [-0.39, 0.29) is 12.5 Å². The topological polar surface area (TPSA) is 149 Å². The summed E-state index contributed by atoms with van der Waals surface area (Å²) in [4.78, 5) is 13.1. The van der Waals surface area contributed by atoms with E-state index in [1.54, 1.807) is 6.08 Å². The van der Waals surface area contributed by atoms with Gasteiger partial charge in [0.2, 0.25) is 5.91 Å². The van der Waals surface area contributed by atoms with Crippen LogP contribution in [0.2, 0.25) is 0 Å². The summed E-state index contributed by atoms with van der Waals surface area (Å²) in [6.07, 6.45) is 69.2. The highest BCUT2D eigenvalue weighted by Gasteiger charge is 2.44. The van der Waals surface area contributed by atoms with Gasteiger partial charge in [0.15, 0.2) is 6.29 Å². The number of amides is 1. The Morgan fingerprint density at radius 2 is 0.789 bits per heavy atom. The summed E-state index contributed by atoms with van der Waals surface area (Å²) < 4.78 is 11.3. The van der Waals surface area contributed by atoms with E-state index in [9.17, 15) is 30.3 Å². The minimum Gasteiger partial charge on any atom is -0.394 e. The number of rotatable bonds is 57. The highest BCUT2D eigenvalue weighted by atomic mass is 16.7. The smallest absolute Gasteiger partial charge is 0.220 e. The lowest BCUT2D eigenvalue weighted by Crippen LogP contribution is -2.60. The van der Waals surface area contributed by atoms with Crippen molar-refractivity contribution in [1.82, 2.24) is 5.32 Å². The van der Waals surface area contributed by atoms with Crippen LogP contribution < -0.4 is 5.32 Å². The van der Waals surface area contributed by atoms with Gasteiger partial charge in [-0.15, -0.1) is 0 Å². The van der Waals surface area contributed by atoms with Crippen LogP contribution in [-0.4, -0.2) is 87.5 Å². The first-order valence-corrected chi connectivity index (χ1v) is 32.9. The Morgan fingerprint density at radius 1 is 0.447 bits per heavy atom. The van der Waals surface area contributed by atoms with E-state index in [4.69, 9.17) is 9.47 Å². The maximum atomic E-state index is 13.1. The van der Waals surface area contributed by atoms with Crippen LogP contribution in [0.25, 0.3) is 0 Å². The second kappa shape index (κ2) is 56.4. The molecule has 0 spiro atoms. The molecule has 0 aromatic heterocycles. The predicted octanol–water partition coefficient (Wildman–Crippen LogP) is 17.2. The standard InChI is InChI=1S/C67H125NO8/c1-3-5-7-9-11-13-15-17-19-21-23-25-27-29-31-33-35-37-39-41-43-45-47-49-51-53-55-57-63(71)68-60(59-75-67-66(74)65(73)64(72)62(58-69)76-67)61(70)56-54-52-50-48-46-44-42-40-38-36-34-32-30-28-26-24-22-20-18-16-14-12-10-8-6-4-2/h15,17,21,23,46,48,54,56,60-62,64-67,69-70,72-74H,3-14,16,18-20,22,24-45,47,49-53,55,57-59H2,1-2H3,(H,68,71)/b17-15-,23-21-,48-46+,56-54+. The summed E-state index contributed by atoms with van der Waals surface area (Å²) in [5, 5.41) is 54.7. The Labute approximate surface area is 469 Å². The number of aliphatic hydroxyl groups excluding tert-OH is 5. The van der Waals surface area contributed by atoms with E-state index in [0.29, 0.717) is 6.42 Å². The van der Waals surface area contributed by atoms with Crippen molar-refractivity contribution in [2.24, 2.45) is 0 Å². The lowest BCUT2D eigenvalue weighted by molar-refractivity contribution is -0.302. The molecule has 9 nitrogen and oxygen atoms in total. The van der Waals surface area contributed by atoms with Crippen molar-refractivity contribution < 1.29 is 39.8 Å². The first kappa shape index (κ1) is 72.2. The molecule has 1 saturated heterocycles. The number of nitrogens with one attached hydrogen (secondary N) is 1. The van der Waals surface area contributed by atoms with Crippen LogP contribution >= 0.6 is 0 Å². The SMILES string of the molecule is CCCCCCC/C=C\C/C=C\CCCCCCCCCCCCCCCCCC(=O)NC(COC1OC(CO)C(O)C(O)C1O)C(O)/C=C/CC/C=C/CCCCCCCCCCCCCCCCCCCCCC. The largest absolute Gasteiger partial charge is 0.394 e. The molecule has 1 amide bonds. The van der Waals surface area contributed by atoms with Gasteiger partial charge in [-0.1, -0.05) is 294 Å². The van der Waals surface area contributed by atoms with Crippen molar-refractivity contribution in [3.05, 3.63) is 48.6 Å². The lowest BCUT2D eigenvalue weighted by Gasteiger charge is -2.40. The molecule has 1 rings (SSSR count). The van der Waals surface area contributed by atoms with Crippen LogP contribution in [0.15, 0.2) is 48.6 Å². The van der Waals surface area contributed by atoms with Gasteiger partial charge in [0.05, 0.1) is 25.4 Å². The fourth-order valence-corrected chi connectivity index (χ4v) is 10.4. The van der Waals surface area contributed by atoms with Gasteiger partial charge in [0.25, 0.3) is 0 Å². The van der Waals surface area contributed by atoms with Gasteiger partial charge >= 0.3 is 0 Å². The Hall–Kier alpha value is -1.85. The van der Waals surface area contributed by atoms with E-state index in [1.807, 2.05) is 6.08 Å². The van der Waals surface area contributed by atoms with E-state index in [2.05, 4.69) is 55.6 Å². The third-order valence-electron chi connectivity index (χ3n) is 15.6. The number of aliphatic hydroxyl groups is 5. The first-order chi connectivity index (χ1) is 37.3. The Kier molecular flexibility index (Phi) is 53.6. The van der Waals surface area contributed by atoms with Crippen LogP contribution in [0.4, 0.5) is 0 Å². The minimum atomic E-state index is -1.57. The Bertz CT molecular complexity index is 1340. The van der Waals surface area contributed by atoms with Crippen molar-refractivity contribution in [1.29, 1.82) is 0 Å². The van der Waals surface area contributed by atoms with Crippen LogP contribution in [0, 0.1) is 0 Å². The number of hydrogen-bond acceptors (Lipinski definition) is 8. The van der Waals surface area contributed by atoms with Crippen LogP contribution in [-0.2, 0) is 14.3 Å². The lowest BCUT2D eigenvalue weighted by atomic mass is 9.99. The van der Waals surface area contributed by atoms with Crippen molar-refractivity contribution >= 4 is 5.91 Å². The third kappa shape index (κ3) is 44.9. The van der Waals surface area contributed by atoms with Gasteiger partial charge in [-0.05, 0) is 64.2 Å². The van der Waals surface area contributed by atoms with E-state index >= 15 is 0 Å². The molecule has 1 aliphatic rings. The van der Waals surface area contributed by atoms with Crippen molar-refractivity contribution in [2.75, 3.05) is 13.2 Å². The second-order valence-corrected chi connectivity index (χ2v) is 22.9. The molecule has 1 aliphatic heterocycles. The summed E-state index contributed by atoms with van der Waals surface area (Å²) in [5.74, 6) is -0.183. The van der Waals surface area contributed by atoms with Gasteiger partial charge < -0.3 is 40.3 Å². The van der Waals surface area contributed by atoms with Crippen LogP contribution in [0.3, 0.4) is 0 Å². The molecular formula is C67H125NO8. The minimum absolute atomic E-state index is 0.183. The number of hydrogen-bond donors (Lipinski definition) is 6. The molecule has 7 atom stereocenters. The Morgan fingerprint density at radius 3 is 1.18 bits per heavy atom. The number of carbonyl (C=O) groups is 1. The third-order valence-corrected chi connectivity index (χ3v) is 15.6. The van der Waals surface area contributed by atoms with E-state index < -0.39 is 49.5 Å². The van der Waals surface area contributed by atoms with Crippen molar-refractivity contribution in [2.45, 2.75) is 358 Å². The second-order valence-electron chi connectivity index (χ2n) is 22.9. The molecule has 7 unspecified atom stereocenters. The molecule has 446 valence electrons. The quantitative estimate of drug-likeness (QED) is 0.0261. The van der Waals surface area contributed by atoms with Gasteiger partial charge in [-0.25, -0.2) is 0 Å². The number of unbranched alkanes of at least 4 members (excludes halogenated alkanes) is 41. The fraction of sp³-hybridized carbons (Fsp3) is 0.866. The van der Waals surface area contributed by atoms with E-state index in [0.717, 1.165) is 44.9 Å². The van der Waals surface area contributed by atoms with E-state index in [1.165, 1.54) is 250 Å². The fourth-order valence-electron chi connectivity index (χ4n) is 10.4. The zero-order valence-electron chi connectivity index (χ0n) is 49.8. The maximum absolute atomic E-state index is 13.1. The zero-order chi connectivity index (χ0) is 55.0. The average molecular weight is 1070 g/mol. The molecule has 0 aliphatic carbocycles. The van der Waals surface area contributed by atoms with Gasteiger partial charge in [0.1, 0.15) is 24.4 Å². The summed E-state index contributed by atoms with van der Waals surface area (Å²) in [6, 6.07) is -0.823. The molecule has 1 fully saturated rings. The van der Waals surface area contributed by atoms with Crippen molar-refractivity contribution in [3.8, 4) is 0 Å². The van der Waals surface area contributed by atoms with Gasteiger partial charge in [-0.3, -0.25) is 4.79 Å². The predicted molar refractivity (Wildman–Crippen MR) is 323 cm³/mol. The molecule has 0 bridgehead atoms. The molecule has 6 N–H and O–H groups in total. The highest BCUT2D eigenvalue weighted by molar-refractivity contribution is 5.76. The Balaban J connectivity index is 2.18. The summed E-state index contributed by atoms with van der Waals surface area (Å²) in [5.41, 5.74) is 0. The van der Waals surface area contributed by atoms with Gasteiger partial charge in [-0.2, -0.15) is 0 Å². The molecule has 76 heavy (non-hydrogen) atoms. The molecule has 9 heteroatoms. The zero-order valence-corrected chi connectivity index (χ0v) is 49.8. The normalized spacial score (nSPS) is 19.1. The molecular weight excluding hydrogens is 947 g/mol. The van der Waals surface area contributed by atoms with Gasteiger partial charge in [0, 0.05) is 6.42 Å². The summed E-state index contributed by atoms with van der Waals surface area (Å²) in [7, 11) is 0. The summed E-state index contributed by atoms with van der Waals surface area (Å²) >= 11 is 0. The van der Waals surface area contributed by atoms with Crippen LogP contribution in [0.5, 0.6) is 0 Å². The number of allylic oxidation sites excluding steroid dienone is 7. The monoisotopic (exact) mass is 1070 g/mol. The number of ether oxygens (including phenoxy) is 2. The van der Waals surface area contributed by atoms with Crippen LogP contribution in [0.1, 0.15) is 316 Å². The average Bonchev–Trinajstić information content (AvgIpc) is 3.42. The molecule has 0 aromatic carbocycles.